The molecular formula is C22H22FN3O2S. The van der Waals surface area contributed by atoms with E-state index >= 15 is 0 Å². The van der Waals surface area contributed by atoms with Gasteiger partial charge in [-0.2, -0.15) is 0 Å². The number of amides is 1. The molecule has 1 aromatic carbocycles. The van der Waals surface area contributed by atoms with Crippen LogP contribution in [-0.2, 0) is 30.6 Å². The van der Waals surface area contributed by atoms with E-state index in [0.717, 1.165) is 47.9 Å². The van der Waals surface area contributed by atoms with Gasteiger partial charge in [0.1, 0.15) is 16.5 Å². The average Bonchev–Trinajstić information content (AvgIpc) is 3.34. The first-order valence-electron chi connectivity index (χ1n) is 10.2. The number of nitrogens with zero attached hydrogens (tertiary/aromatic N) is 2. The molecule has 2 heterocycles. The van der Waals surface area contributed by atoms with E-state index < -0.39 is 0 Å². The minimum Gasteiger partial charge on any atom is -0.335 e. The van der Waals surface area contributed by atoms with Gasteiger partial charge in [-0.15, -0.1) is 11.3 Å². The van der Waals surface area contributed by atoms with E-state index in [2.05, 4.69) is 9.97 Å². The van der Waals surface area contributed by atoms with Crippen LogP contribution in [0.3, 0.4) is 0 Å². The van der Waals surface area contributed by atoms with E-state index in [0.29, 0.717) is 25.2 Å². The number of hydrogen-bond acceptors (Lipinski definition) is 4. The van der Waals surface area contributed by atoms with E-state index in [9.17, 15) is 14.0 Å². The molecule has 2 aromatic heterocycles. The van der Waals surface area contributed by atoms with Crippen LogP contribution in [0.25, 0.3) is 10.2 Å². The Kier molecular flexibility index (Phi) is 4.70. The van der Waals surface area contributed by atoms with Crippen molar-refractivity contribution in [1.82, 2.24) is 14.9 Å². The number of hydrogen-bond donors (Lipinski definition) is 1. The van der Waals surface area contributed by atoms with Gasteiger partial charge in [0, 0.05) is 30.3 Å². The minimum absolute atomic E-state index is 0.0493. The number of aromatic nitrogens is 2. The molecule has 0 bridgehead atoms. The van der Waals surface area contributed by atoms with Crippen LogP contribution in [0.2, 0.25) is 0 Å². The van der Waals surface area contributed by atoms with Gasteiger partial charge in [0.25, 0.3) is 5.56 Å². The van der Waals surface area contributed by atoms with Gasteiger partial charge >= 0.3 is 0 Å². The van der Waals surface area contributed by atoms with Crippen molar-refractivity contribution in [2.24, 2.45) is 0 Å². The lowest BCUT2D eigenvalue weighted by Crippen LogP contribution is -2.33. The number of thiophene rings is 1. The van der Waals surface area contributed by atoms with E-state index in [4.69, 9.17) is 0 Å². The molecule has 2 aliphatic carbocycles. The van der Waals surface area contributed by atoms with Gasteiger partial charge in [-0.3, -0.25) is 9.59 Å². The number of fused-ring (bicyclic) bond motifs is 3. The maximum atomic E-state index is 13.1. The molecule has 7 heteroatoms. The largest absolute Gasteiger partial charge is 0.335 e. The van der Waals surface area contributed by atoms with Crippen LogP contribution in [0.4, 0.5) is 4.39 Å². The Morgan fingerprint density at radius 2 is 2.03 bits per heavy atom. The van der Waals surface area contributed by atoms with Crippen LogP contribution in [0.5, 0.6) is 0 Å². The molecule has 0 saturated heterocycles. The van der Waals surface area contributed by atoms with Gasteiger partial charge in [-0.05, 0) is 55.4 Å². The average molecular weight is 412 g/mol. The second-order valence-corrected chi connectivity index (χ2v) is 9.01. The van der Waals surface area contributed by atoms with Crippen molar-refractivity contribution in [3.63, 3.8) is 0 Å². The number of H-pyrrole nitrogens is 1. The Morgan fingerprint density at radius 1 is 1.24 bits per heavy atom. The molecule has 1 N–H and O–H groups in total. The third-order valence-electron chi connectivity index (χ3n) is 5.77. The summed E-state index contributed by atoms with van der Waals surface area (Å²) in [5.74, 6) is 0.351. The number of carbonyl (C=O) groups excluding carboxylic acids is 1. The van der Waals surface area contributed by atoms with Crippen LogP contribution in [0.15, 0.2) is 29.1 Å². The van der Waals surface area contributed by atoms with Gasteiger partial charge in [-0.1, -0.05) is 12.1 Å². The van der Waals surface area contributed by atoms with E-state index in [1.54, 1.807) is 23.5 Å². The van der Waals surface area contributed by atoms with Crippen molar-refractivity contribution in [3.05, 3.63) is 62.3 Å². The molecule has 1 fully saturated rings. The van der Waals surface area contributed by atoms with Crippen LogP contribution in [0.1, 0.15) is 47.5 Å². The minimum atomic E-state index is -0.275. The maximum Gasteiger partial charge on any atom is 0.259 e. The molecule has 0 spiro atoms. The normalized spacial score (nSPS) is 15.6. The fraction of sp³-hybridized carbons (Fsp3) is 0.409. The topological polar surface area (TPSA) is 66.1 Å². The highest BCUT2D eigenvalue weighted by atomic mass is 32.1. The molecule has 5 nitrogen and oxygen atoms in total. The van der Waals surface area contributed by atoms with Crippen molar-refractivity contribution >= 4 is 27.5 Å². The molecule has 2 aliphatic rings. The lowest BCUT2D eigenvalue weighted by molar-refractivity contribution is -0.132. The van der Waals surface area contributed by atoms with Gasteiger partial charge in [0.2, 0.25) is 5.91 Å². The zero-order valence-corrected chi connectivity index (χ0v) is 16.9. The summed E-state index contributed by atoms with van der Waals surface area (Å²) in [7, 11) is 0. The molecular weight excluding hydrogens is 389 g/mol. The Hall–Kier alpha value is -2.54. The summed E-state index contributed by atoms with van der Waals surface area (Å²) in [6.45, 7) is 0.490. The highest BCUT2D eigenvalue weighted by molar-refractivity contribution is 7.18. The number of rotatable bonds is 6. The lowest BCUT2D eigenvalue weighted by atomic mass is 10.1. The van der Waals surface area contributed by atoms with Gasteiger partial charge in [0.15, 0.2) is 0 Å². The molecule has 0 unspecified atom stereocenters. The molecule has 0 aliphatic heterocycles. The monoisotopic (exact) mass is 411 g/mol. The Morgan fingerprint density at radius 3 is 2.79 bits per heavy atom. The SMILES string of the molecule is O=C(CCc1nc2sc3c(c2c(=O)[nH]1)CCC3)N(Cc1ccc(F)cc1)C1CC1. The quantitative estimate of drug-likeness (QED) is 0.672. The fourth-order valence-electron chi connectivity index (χ4n) is 4.13. The van der Waals surface area contributed by atoms with Crippen molar-refractivity contribution in [2.75, 3.05) is 0 Å². The van der Waals surface area contributed by atoms with E-state index in [1.807, 2.05) is 4.90 Å². The third-order valence-corrected chi connectivity index (χ3v) is 6.96. The van der Waals surface area contributed by atoms with Crippen LogP contribution >= 0.6 is 11.3 Å². The number of nitrogens with one attached hydrogen (secondary N) is 1. The third kappa shape index (κ3) is 3.71. The van der Waals surface area contributed by atoms with E-state index in [1.165, 1.54) is 22.6 Å². The summed E-state index contributed by atoms with van der Waals surface area (Å²) in [6.07, 6.45) is 5.83. The van der Waals surface area contributed by atoms with E-state index in [-0.39, 0.29) is 23.3 Å². The molecule has 1 saturated carbocycles. The first kappa shape index (κ1) is 18.5. The van der Waals surface area contributed by atoms with Crippen molar-refractivity contribution in [2.45, 2.75) is 57.5 Å². The summed E-state index contributed by atoms with van der Waals surface area (Å²) in [5, 5.41) is 0.744. The number of aryl methyl sites for hydroxylation is 3. The number of aromatic amines is 1. The molecule has 0 atom stereocenters. The Bertz CT molecular complexity index is 1130. The molecule has 29 heavy (non-hydrogen) atoms. The van der Waals surface area contributed by atoms with Crippen LogP contribution in [-0.4, -0.2) is 26.8 Å². The predicted octanol–water partition coefficient (Wildman–Crippen LogP) is 3.74. The summed E-state index contributed by atoms with van der Waals surface area (Å²) in [6, 6.07) is 6.56. The first-order valence-corrected chi connectivity index (χ1v) is 11.0. The second kappa shape index (κ2) is 7.37. The highest BCUT2D eigenvalue weighted by Gasteiger charge is 2.32. The van der Waals surface area contributed by atoms with Crippen molar-refractivity contribution in [1.29, 1.82) is 0 Å². The van der Waals surface area contributed by atoms with Crippen molar-refractivity contribution < 1.29 is 9.18 Å². The second-order valence-electron chi connectivity index (χ2n) is 7.93. The number of halogens is 1. The molecule has 3 aromatic rings. The Labute approximate surface area is 171 Å². The number of benzene rings is 1. The molecule has 1 amide bonds. The highest BCUT2D eigenvalue weighted by Crippen LogP contribution is 2.34. The van der Waals surface area contributed by atoms with Gasteiger partial charge in [0.05, 0.1) is 5.39 Å². The maximum absolute atomic E-state index is 13.1. The zero-order chi connectivity index (χ0) is 20.0. The smallest absolute Gasteiger partial charge is 0.259 e. The molecule has 5 rings (SSSR count). The fourth-order valence-corrected chi connectivity index (χ4v) is 5.41. The van der Waals surface area contributed by atoms with Crippen LogP contribution < -0.4 is 5.56 Å². The first-order chi connectivity index (χ1) is 14.1. The number of carbonyl (C=O) groups is 1. The Balaban J connectivity index is 1.30. The van der Waals surface area contributed by atoms with Gasteiger partial charge < -0.3 is 9.88 Å². The molecule has 150 valence electrons. The predicted molar refractivity (Wildman–Crippen MR) is 111 cm³/mol. The van der Waals surface area contributed by atoms with Gasteiger partial charge in [-0.25, -0.2) is 9.37 Å². The molecule has 0 radical (unpaired) electrons. The summed E-state index contributed by atoms with van der Waals surface area (Å²) >= 11 is 1.62. The lowest BCUT2D eigenvalue weighted by Gasteiger charge is -2.22. The van der Waals surface area contributed by atoms with Crippen molar-refractivity contribution in [3.8, 4) is 0 Å². The zero-order valence-electron chi connectivity index (χ0n) is 16.0. The standard InChI is InChI=1S/C22H22FN3O2S/c23-14-6-4-13(5-7-14)12-26(15-8-9-15)19(27)11-10-18-24-21(28)20-16-2-1-3-17(16)29-22(20)25-18/h4-7,15H,1-3,8-12H2,(H,24,25,28). The van der Waals surface area contributed by atoms with Crippen LogP contribution in [0, 0.1) is 5.82 Å². The summed E-state index contributed by atoms with van der Waals surface area (Å²) < 4.78 is 13.1. The summed E-state index contributed by atoms with van der Waals surface area (Å²) in [5.41, 5.74) is 2.01. The summed E-state index contributed by atoms with van der Waals surface area (Å²) in [4.78, 5) is 36.9.